The first kappa shape index (κ1) is 31.3. The van der Waals surface area contributed by atoms with Crippen LogP contribution in [0.1, 0.15) is 53.0 Å². The molecule has 2 N–H and O–H groups in total. The van der Waals surface area contributed by atoms with Crippen molar-refractivity contribution >= 4 is 58.0 Å². The average molecular weight is 663 g/mol. The number of nitriles is 1. The van der Waals surface area contributed by atoms with Gasteiger partial charge in [-0.05, 0) is 79.8 Å². The summed E-state index contributed by atoms with van der Waals surface area (Å²) < 4.78 is 41.0. The van der Waals surface area contributed by atoms with Gasteiger partial charge in [0.25, 0.3) is 0 Å². The molecule has 0 saturated heterocycles. The Kier molecular flexibility index (Phi) is 8.84. The molecule has 0 spiro atoms. The predicted octanol–water partition coefficient (Wildman–Crippen LogP) is 9.88. The summed E-state index contributed by atoms with van der Waals surface area (Å²) in [6.45, 7) is 3.86. The molecule has 5 rings (SSSR count). The summed E-state index contributed by atoms with van der Waals surface area (Å²) in [5.41, 5.74) is 10.1. The molecule has 1 heterocycles. The van der Waals surface area contributed by atoms with E-state index in [4.69, 9.17) is 40.5 Å². The van der Waals surface area contributed by atoms with Gasteiger partial charge >= 0.3 is 6.18 Å². The van der Waals surface area contributed by atoms with Gasteiger partial charge < -0.3 is 5.73 Å². The molecule has 0 aromatic heterocycles. The molecule has 43 heavy (non-hydrogen) atoms. The largest absolute Gasteiger partial charge is 0.416 e. The van der Waals surface area contributed by atoms with Crippen LogP contribution in [0.15, 0.2) is 76.1 Å². The quantitative estimate of drug-likeness (QED) is 0.276. The molecule has 0 amide bonds. The second-order valence-electron chi connectivity index (χ2n) is 10.5. The minimum atomic E-state index is -4.63. The van der Waals surface area contributed by atoms with Crippen LogP contribution in [0.5, 0.6) is 0 Å². The molecular weight excluding hydrogens is 638 g/mol. The summed E-state index contributed by atoms with van der Waals surface area (Å²) in [5.74, 6) is -0.473. The van der Waals surface area contributed by atoms with E-state index in [1.54, 1.807) is 18.2 Å². The van der Waals surface area contributed by atoms with Crippen LogP contribution < -0.4 is 10.6 Å². The van der Waals surface area contributed by atoms with Gasteiger partial charge in [-0.15, -0.1) is 11.8 Å². The number of ketones is 1. The van der Waals surface area contributed by atoms with Gasteiger partial charge in [0.2, 0.25) is 0 Å². The van der Waals surface area contributed by atoms with Crippen LogP contribution in [0.4, 0.5) is 18.9 Å². The minimum Gasteiger partial charge on any atom is -0.384 e. The van der Waals surface area contributed by atoms with Gasteiger partial charge in [-0.2, -0.15) is 18.4 Å². The Bertz CT molecular complexity index is 1760. The summed E-state index contributed by atoms with van der Waals surface area (Å²) >= 11 is 20.5. The van der Waals surface area contributed by atoms with Crippen molar-refractivity contribution < 1.29 is 18.0 Å². The first-order valence-corrected chi connectivity index (χ1v) is 15.4. The Hall–Kier alpha value is -3.09. The first-order valence-electron chi connectivity index (χ1n) is 13.3. The lowest BCUT2D eigenvalue weighted by Gasteiger charge is -2.40. The molecule has 0 bridgehead atoms. The number of anilines is 1. The second-order valence-corrected chi connectivity index (χ2v) is 12.7. The van der Waals surface area contributed by atoms with Gasteiger partial charge in [0.1, 0.15) is 5.82 Å². The lowest BCUT2D eigenvalue weighted by molar-refractivity contribution is -0.137. The van der Waals surface area contributed by atoms with E-state index in [2.05, 4.69) is 6.07 Å². The van der Waals surface area contributed by atoms with Gasteiger partial charge in [0.15, 0.2) is 5.78 Å². The SMILES string of the molecule is Cc1cc(CSc2cc(Cl)ccc2Cl)c(C)c(C2C(C#N)=C(N)N(c3cc(C(F)(F)F)ccc3Cl)C3=C2C(=O)CCC3)c1. The zero-order chi connectivity index (χ0) is 31.2. The Morgan fingerprint density at radius 3 is 2.47 bits per heavy atom. The van der Waals surface area contributed by atoms with Gasteiger partial charge in [0, 0.05) is 33.4 Å². The zero-order valence-corrected chi connectivity index (χ0v) is 26.2. The van der Waals surface area contributed by atoms with Crippen LogP contribution in [0.2, 0.25) is 15.1 Å². The molecule has 1 aliphatic heterocycles. The highest BCUT2D eigenvalue weighted by molar-refractivity contribution is 7.98. The van der Waals surface area contributed by atoms with E-state index in [-0.39, 0.29) is 34.3 Å². The zero-order valence-electron chi connectivity index (χ0n) is 23.1. The van der Waals surface area contributed by atoms with Crippen molar-refractivity contribution in [3.8, 4) is 6.07 Å². The van der Waals surface area contributed by atoms with E-state index in [1.165, 1.54) is 16.7 Å². The number of hydrogen-bond acceptors (Lipinski definition) is 5. The number of halogens is 6. The third kappa shape index (κ3) is 6.01. The van der Waals surface area contributed by atoms with Crippen LogP contribution in [-0.2, 0) is 16.7 Å². The molecular formula is C32H25Cl3F3N3OS. The first-order chi connectivity index (χ1) is 20.3. The van der Waals surface area contributed by atoms with E-state index in [1.807, 2.05) is 26.0 Å². The number of nitrogens with zero attached hydrogens (tertiary/aromatic N) is 2. The topological polar surface area (TPSA) is 70.1 Å². The third-order valence-corrected chi connectivity index (χ3v) is 9.82. The van der Waals surface area contributed by atoms with Crippen LogP contribution in [-0.4, -0.2) is 5.78 Å². The Labute approximate surface area is 266 Å². The number of carbonyl (C=O) groups is 1. The fourth-order valence-electron chi connectivity index (χ4n) is 5.69. The van der Waals surface area contributed by atoms with Gasteiger partial charge in [-0.1, -0.05) is 52.5 Å². The van der Waals surface area contributed by atoms with Crippen molar-refractivity contribution in [2.24, 2.45) is 5.73 Å². The monoisotopic (exact) mass is 661 g/mol. The van der Waals surface area contributed by atoms with Crippen LogP contribution in [0, 0.1) is 25.2 Å². The summed E-state index contributed by atoms with van der Waals surface area (Å²) in [4.78, 5) is 15.8. The third-order valence-electron chi connectivity index (χ3n) is 7.71. The molecule has 1 unspecified atom stereocenters. The maximum Gasteiger partial charge on any atom is 0.416 e. The van der Waals surface area contributed by atoms with Crippen molar-refractivity contribution in [1.82, 2.24) is 0 Å². The highest BCUT2D eigenvalue weighted by Crippen LogP contribution is 2.49. The van der Waals surface area contributed by atoms with Gasteiger partial charge in [-0.25, -0.2) is 0 Å². The fraction of sp³-hybridized carbons (Fsp3) is 0.250. The lowest BCUT2D eigenvalue weighted by Crippen LogP contribution is -2.39. The summed E-state index contributed by atoms with van der Waals surface area (Å²) in [6.07, 6.45) is -3.51. The molecule has 4 nitrogen and oxygen atoms in total. The maximum absolute atomic E-state index is 13.7. The predicted molar refractivity (Wildman–Crippen MR) is 166 cm³/mol. The molecule has 3 aromatic rings. The molecule has 1 atom stereocenters. The normalized spacial score (nSPS) is 17.3. The van der Waals surface area contributed by atoms with E-state index in [9.17, 15) is 23.2 Å². The molecule has 0 fully saturated rings. The van der Waals surface area contributed by atoms with E-state index in [0.717, 1.165) is 45.3 Å². The fourth-order valence-corrected chi connectivity index (χ4v) is 7.44. The van der Waals surface area contributed by atoms with Gasteiger partial charge in [-0.3, -0.25) is 9.69 Å². The summed E-state index contributed by atoms with van der Waals surface area (Å²) in [7, 11) is 0. The molecule has 0 saturated carbocycles. The van der Waals surface area contributed by atoms with E-state index < -0.39 is 17.7 Å². The lowest BCUT2D eigenvalue weighted by atomic mass is 9.73. The Morgan fingerprint density at radius 1 is 1.05 bits per heavy atom. The van der Waals surface area contributed by atoms with Crippen molar-refractivity contribution in [3.05, 3.63) is 114 Å². The van der Waals surface area contributed by atoms with Crippen LogP contribution in [0.25, 0.3) is 0 Å². The number of alkyl halides is 3. The van der Waals surface area contributed by atoms with E-state index in [0.29, 0.717) is 39.9 Å². The Morgan fingerprint density at radius 2 is 1.77 bits per heavy atom. The van der Waals surface area contributed by atoms with Gasteiger partial charge in [0.05, 0.1) is 38.9 Å². The molecule has 3 aromatic carbocycles. The number of carbonyl (C=O) groups excluding carboxylic acids is 1. The minimum absolute atomic E-state index is 0.0160. The average Bonchev–Trinajstić information content (AvgIpc) is 2.94. The molecule has 2 aliphatic rings. The number of aryl methyl sites for hydroxylation is 1. The highest BCUT2D eigenvalue weighted by Gasteiger charge is 2.42. The summed E-state index contributed by atoms with van der Waals surface area (Å²) in [5, 5.41) is 11.6. The second kappa shape index (κ2) is 12.1. The molecule has 0 radical (unpaired) electrons. The number of nitrogens with two attached hydrogens (primary N) is 1. The number of allylic oxidation sites excluding steroid dienone is 3. The molecule has 1 aliphatic carbocycles. The van der Waals surface area contributed by atoms with Crippen molar-refractivity contribution in [1.29, 1.82) is 5.26 Å². The molecule has 11 heteroatoms. The smallest absolute Gasteiger partial charge is 0.384 e. The molecule has 222 valence electrons. The standard InChI is InChI=1S/C32H25Cl3F3N3OS/c1-16-10-18(15-43-28-13-20(33)7-9-24(28)35)17(2)21(11-16)29-22(14-39)31(40)41(25-4-3-5-27(42)30(25)29)26-12-19(32(36,37)38)6-8-23(26)34/h6-13,29H,3-5,15,40H2,1-2H3. The van der Waals surface area contributed by atoms with E-state index >= 15 is 0 Å². The number of thioether (sulfide) groups is 1. The van der Waals surface area contributed by atoms with Crippen LogP contribution in [0.3, 0.4) is 0 Å². The number of Topliss-reactive ketones (excluding diaryl/α,β-unsaturated/α-hetero) is 1. The van der Waals surface area contributed by atoms with Crippen molar-refractivity contribution in [2.45, 2.75) is 55.9 Å². The highest BCUT2D eigenvalue weighted by atomic mass is 35.5. The number of hydrogen-bond donors (Lipinski definition) is 1. The van der Waals surface area contributed by atoms with Crippen molar-refractivity contribution in [3.63, 3.8) is 0 Å². The maximum atomic E-state index is 13.7. The number of benzene rings is 3. The Balaban J connectivity index is 1.66. The van der Waals surface area contributed by atoms with Crippen LogP contribution >= 0.6 is 46.6 Å². The number of rotatable bonds is 5. The summed E-state index contributed by atoms with van der Waals surface area (Å²) in [6, 6.07) is 14.3. The van der Waals surface area contributed by atoms with Crippen molar-refractivity contribution in [2.75, 3.05) is 4.90 Å².